The van der Waals surface area contributed by atoms with Crippen molar-refractivity contribution in [1.82, 2.24) is 0 Å². The number of aryl methyl sites for hydroxylation is 2. The van der Waals surface area contributed by atoms with E-state index in [4.69, 9.17) is 9.47 Å². The van der Waals surface area contributed by atoms with Crippen molar-refractivity contribution >= 4 is 19.4 Å². The van der Waals surface area contributed by atoms with Gasteiger partial charge in [-0.05, 0) is 81.3 Å². The molecule has 0 heterocycles. The van der Waals surface area contributed by atoms with Crippen LogP contribution in [0.2, 0.25) is 0 Å². The molecule has 0 aliphatic carbocycles. The van der Waals surface area contributed by atoms with E-state index in [0.717, 1.165) is 52.9 Å². The molecule has 3 atom stereocenters. The Balaban J connectivity index is 0.00000800. The molecule has 3 nitrogen and oxygen atoms in total. The Labute approximate surface area is 261 Å². The molecule has 0 aromatic heterocycles. The zero-order valence-electron chi connectivity index (χ0n) is 28.3. The Morgan fingerprint density at radius 1 is 0.850 bits per heavy atom. The van der Waals surface area contributed by atoms with Gasteiger partial charge in [-0.3, -0.25) is 4.79 Å². The van der Waals surface area contributed by atoms with Crippen molar-refractivity contribution in [2.45, 2.75) is 119 Å². The number of rotatable bonds is 17. The Morgan fingerprint density at radius 3 is 1.85 bits per heavy atom. The first-order valence-electron chi connectivity index (χ1n) is 15.4. The summed E-state index contributed by atoms with van der Waals surface area (Å²) in [5.41, 5.74) is 4.46. The second-order valence-electron chi connectivity index (χ2n) is 12.3. The minimum Gasteiger partial charge on any atom is -1.00 e. The van der Waals surface area contributed by atoms with Gasteiger partial charge < -0.3 is 10.9 Å². The summed E-state index contributed by atoms with van der Waals surface area (Å²) in [5.74, 6) is 2.73. The maximum absolute atomic E-state index is 13.7. The molecule has 0 spiro atoms. The molecule has 0 radical (unpaired) electrons. The van der Waals surface area contributed by atoms with Crippen molar-refractivity contribution in [3.8, 4) is 11.5 Å². The maximum Gasteiger partial charge on any atom is 1.00 e. The van der Waals surface area contributed by atoms with Crippen LogP contribution in [-0.4, -0.2) is 18.7 Å². The van der Waals surface area contributed by atoms with Gasteiger partial charge in [-0.2, -0.15) is 0 Å². The van der Waals surface area contributed by atoms with Gasteiger partial charge in [-0.25, -0.2) is 0 Å². The number of carbonyl (C=O) groups excluding carboxylic acids is 1. The van der Waals surface area contributed by atoms with Gasteiger partial charge in [0.15, 0.2) is 5.52 Å². The molecule has 5 heteroatoms. The number of benzene rings is 2. The monoisotopic (exact) mass is 562 g/mol. The molecule has 0 fully saturated rings. The summed E-state index contributed by atoms with van der Waals surface area (Å²) in [6.45, 7) is 21.1. The van der Waals surface area contributed by atoms with Crippen LogP contribution in [0, 0.1) is 25.7 Å². The summed E-state index contributed by atoms with van der Waals surface area (Å²) >= 11 is 0. The van der Waals surface area contributed by atoms with Gasteiger partial charge in [0.25, 0.3) is 0 Å². The van der Waals surface area contributed by atoms with Crippen LogP contribution in [0.15, 0.2) is 30.3 Å². The van der Waals surface area contributed by atoms with Crippen molar-refractivity contribution in [2.24, 2.45) is 11.8 Å². The molecule has 0 aliphatic heterocycles. The van der Waals surface area contributed by atoms with E-state index in [1.807, 2.05) is 12.1 Å². The number of hydrogen-bond donors (Lipinski definition) is 0. The zero-order chi connectivity index (χ0) is 29.0. The number of carbonyl (C=O) groups is 1. The minimum atomic E-state index is 0. The Bertz CT molecular complexity index is 1030. The van der Waals surface area contributed by atoms with Gasteiger partial charge in [0.2, 0.25) is 0 Å². The molecule has 3 unspecified atom stereocenters. The van der Waals surface area contributed by atoms with E-state index in [0.29, 0.717) is 18.4 Å². The number of ether oxygens (including phenoxy) is 2. The van der Waals surface area contributed by atoms with Crippen LogP contribution in [0.5, 0.6) is 11.5 Å². The van der Waals surface area contributed by atoms with Crippen molar-refractivity contribution < 1.29 is 34.6 Å². The summed E-state index contributed by atoms with van der Waals surface area (Å²) in [6.07, 6.45) is 9.47. The fourth-order valence-electron chi connectivity index (χ4n) is 4.97. The fourth-order valence-corrected chi connectivity index (χ4v) is 6.17. The Morgan fingerprint density at radius 2 is 1.38 bits per heavy atom. The first-order chi connectivity index (χ1) is 18.5. The van der Waals surface area contributed by atoms with Crippen LogP contribution in [0.4, 0.5) is 0 Å². The largest absolute Gasteiger partial charge is 1.00 e. The fraction of sp³-hybridized carbons (Fsp3) is 0.629. The van der Waals surface area contributed by atoms with Crippen LogP contribution < -0.4 is 33.6 Å². The topological polar surface area (TPSA) is 35.5 Å². The smallest absolute Gasteiger partial charge is 1.00 e. The quantitative estimate of drug-likeness (QED) is 0.153. The SMILES string of the molecule is CCCCC(CC)COc1ccc(PC(=O)c2c(C)cc(C(C)(C)C)cc2C)c(OCC(CC)CCCC)c1.[H-].[Li+]. The second kappa shape index (κ2) is 18.3. The van der Waals surface area contributed by atoms with E-state index in [2.05, 4.69) is 80.5 Å². The summed E-state index contributed by atoms with van der Waals surface area (Å²) in [6, 6.07) is 10.5. The normalized spacial score (nSPS) is 13.2. The molecule has 0 amide bonds. The average Bonchev–Trinajstić information content (AvgIpc) is 2.89. The molecule has 40 heavy (non-hydrogen) atoms. The van der Waals surface area contributed by atoms with Gasteiger partial charge >= 0.3 is 18.9 Å². The summed E-state index contributed by atoms with van der Waals surface area (Å²) in [5, 5.41) is 0.967. The maximum atomic E-state index is 13.7. The van der Waals surface area contributed by atoms with Crippen molar-refractivity contribution in [3.63, 3.8) is 0 Å². The van der Waals surface area contributed by atoms with Gasteiger partial charge in [-0.15, -0.1) is 0 Å². The predicted molar refractivity (Wildman–Crippen MR) is 172 cm³/mol. The summed E-state index contributed by atoms with van der Waals surface area (Å²) in [4.78, 5) is 13.7. The second-order valence-corrected chi connectivity index (χ2v) is 13.5. The molecule has 0 aliphatic rings. The average molecular weight is 563 g/mol. The van der Waals surface area contributed by atoms with E-state index in [1.165, 1.54) is 44.1 Å². The number of hydrogen-bond acceptors (Lipinski definition) is 3. The molecular weight excluding hydrogens is 506 g/mol. The molecule has 2 aromatic rings. The van der Waals surface area contributed by atoms with Crippen molar-refractivity contribution in [3.05, 3.63) is 52.6 Å². The van der Waals surface area contributed by atoms with Gasteiger partial charge in [-0.1, -0.05) is 99.1 Å². The van der Waals surface area contributed by atoms with E-state index >= 15 is 0 Å². The molecule has 0 N–H and O–H groups in total. The first kappa shape index (κ1) is 36.8. The third kappa shape index (κ3) is 11.5. The third-order valence-electron chi connectivity index (χ3n) is 7.87. The third-order valence-corrected chi connectivity index (χ3v) is 9.03. The van der Waals surface area contributed by atoms with Crippen LogP contribution >= 0.6 is 8.58 Å². The molecule has 0 bridgehead atoms. The van der Waals surface area contributed by atoms with Gasteiger partial charge in [0.05, 0.1) is 13.2 Å². The Hall–Kier alpha value is -1.26. The van der Waals surface area contributed by atoms with Crippen molar-refractivity contribution in [2.75, 3.05) is 13.2 Å². The Kier molecular flexibility index (Phi) is 16.8. The van der Waals surface area contributed by atoms with Crippen LogP contribution in [0.3, 0.4) is 0 Å². The predicted octanol–water partition coefficient (Wildman–Crippen LogP) is 7.05. The van der Waals surface area contributed by atoms with E-state index in [1.54, 1.807) is 0 Å². The van der Waals surface area contributed by atoms with Crippen LogP contribution in [0.25, 0.3) is 0 Å². The van der Waals surface area contributed by atoms with Gasteiger partial charge in [0.1, 0.15) is 11.5 Å². The van der Waals surface area contributed by atoms with Crippen LogP contribution in [0.1, 0.15) is 128 Å². The zero-order valence-corrected chi connectivity index (χ0v) is 28.3. The molecular formula is C35H56LiO3P. The van der Waals surface area contributed by atoms with E-state index in [9.17, 15) is 4.79 Å². The molecule has 2 rings (SSSR count). The van der Waals surface area contributed by atoms with E-state index < -0.39 is 0 Å². The van der Waals surface area contributed by atoms with Crippen LogP contribution in [-0.2, 0) is 5.41 Å². The standard InChI is InChI=1S/C35H55O3P.Li.H/c1-10-14-16-27(12-3)23-37-30-18-19-32(31(22-30)38-24-28(13-4)17-15-11-2)39-34(36)33-25(5)20-29(21-26(33)6)35(7,8)9;;/h18-22,27-28,39H,10-17,23-24H2,1-9H3;;/q;+1;-1. The van der Waals surface area contributed by atoms with E-state index in [-0.39, 0.29) is 39.8 Å². The van der Waals surface area contributed by atoms with Crippen molar-refractivity contribution in [1.29, 1.82) is 0 Å². The molecule has 0 saturated heterocycles. The first-order valence-corrected chi connectivity index (χ1v) is 16.4. The summed E-state index contributed by atoms with van der Waals surface area (Å²) < 4.78 is 12.7. The van der Waals surface area contributed by atoms with Gasteiger partial charge in [0, 0.05) is 16.9 Å². The number of unbranched alkanes of at least 4 members (excludes halogenated alkanes) is 2. The molecule has 220 valence electrons. The minimum absolute atomic E-state index is 0. The summed E-state index contributed by atoms with van der Waals surface area (Å²) in [7, 11) is 0.0101. The molecule has 2 aromatic carbocycles. The molecule has 0 saturated carbocycles.